The first kappa shape index (κ1) is 15.8. The average Bonchev–Trinajstić information content (AvgIpc) is 2.64. The Morgan fingerprint density at radius 3 is 1.22 bits per heavy atom. The van der Waals surface area contributed by atoms with Crippen LogP contribution >= 0.6 is 0 Å². The Hall–Kier alpha value is -2.04. The maximum atomic E-state index is 4.11. The molecule has 0 atom stereocenters. The van der Waals surface area contributed by atoms with Gasteiger partial charge in [-0.25, -0.2) is 0 Å². The van der Waals surface area contributed by atoms with Gasteiger partial charge in [0.05, 0.1) is 0 Å². The van der Waals surface area contributed by atoms with Crippen molar-refractivity contribution in [1.82, 2.24) is 0 Å². The van der Waals surface area contributed by atoms with Crippen molar-refractivity contribution in [1.29, 1.82) is 0 Å². The van der Waals surface area contributed by atoms with Gasteiger partial charge in [-0.2, -0.15) is 0 Å². The van der Waals surface area contributed by atoms with E-state index >= 15 is 0 Å². The van der Waals surface area contributed by atoms with Gasteiger partial charge in [0, 0.05) is 0 Å². The molecule has 0 nitrogen and oxygen atoms in total. The average molecular weight is 362 g/mol. The standard InChI is InChI=1S/C22H23As/c1-3-19-23(2,20-13-7-4-8-14-20,21-15-9-5-10-16-21)22-17-11-6-12-18-22/h3-18H,1,19H2,2H3. The molecule has 0 amide bonds. The predicted molar refractivity (Wildman–Crippen MR) is 105 cm³/mol. The van der Waals surface area contributed by atoms with Gasteiger partial charge >= 0.3 is 140 Å². The van der Waals surface area contributed by atoms with Gasteiger partial charge in [-0.05, 0) is 0 Å². The van der Waals surface area contributed by atoms with Crippen LogP contribution in [0.1, 0.15) is 0 Å². The van der Waals surface area contributed by atoms with Crippen LogP contribution in [0.25, 0.3) is 0 Å². The predicted octanol–water partition coefficient (Wildman–Crippen LogP) is 3.93. The third kappa shape index (κ3) is 2.48. The van der Waals surface area contributed by atoms with Gasteiger partial charge in [0.1, 0.15) is 0 Å². The van der Waals surface area contributed by atoms with Crippen molar-refractivity contribution in [3.63, 3.8) is 0 Å². The molecule has 1 heteroatoms. The fraction of sp³-hybridized carbons (Fsp3) is 0.0909. The van der Waals surface area contributed by atoms with Gasteiger partial charge in [0.25, 0.3) is 0 Å². The number of rotatable bonds is 5. The summed E-state index contributed by atoms with van der Waals surface area (Å²) in [5, 5.41) is 1.01. The van der Waals surface area contributed by atoms with Crippen molar-refractivity contribution in [2.45, 2.75) is 10.9 Å². The third-order valence-corrected chi connectivity index (χ3v) is 18.1. The van der Waals surface area contributed by atoms with Crippen LogP contribution in [0.15, 0.2) is 104 Å². The molecule has 0 aliphatic heterocycles. The van der Waals surface area contributed by atoms with Crippen LogP contribution in [0.5, 0.6) is 0 Å². The number of hydrogen-bond acceptors (Lipinski definition) is 0. The van der Waals surface area contributed by atoms with Crippen molar-refractivity contribution in [3.05, 3.63) is 104 Å². The Morgan fingerprint density at radius 2 is 0.957 bits per heavy atom. The Kier molecular flexibility index (Phi) is 4.28. The molecule has 0 saturated heterocycles. The quantitative estimate of drug-likeness (QED) is 0.477. The van der Waals surface area contributed by atoms with E-state index < -0.39 is 12.5 Å². The fourth-order valence-corrected chi connectivity index (χ4v) is 14.3. The molecule has 3 rings (SSSR count). The van der Waals surface area contributed by atoms with E-state index in [4.69, 9.17) is 0 Å². The van der Waals surface area contributed by atoms with E-state index in [0.717, 1.165) is 5.21 Å². The van der Waals surface area contributed by atoms with Crippen molar-refractivity contribution in [2.75, 3.05) is 0 Å². The zero-order valence-corrected chi connectivity index (χ0v) is 15.5. The summed E-state index contributed by atoms with van der Waals surface area (Å²) < 4.78 is 4.38. The monoisotopic (exact) mass is 362 g/mol. The molecule has 0 radical (unpaired) electrons. The molecule has 0 bridgehead atoms. The Labute approximate surface area is 140 Å². The van der Waals surface area contributed by atoms with Crippen LogP contribution in [0, 0.1) is 0 Å². The number of benzene rings is 3. The third-order valence-electron chi connectivity index (χ3n) is 4.95. The van der Waals surface area contributed by atoms with Crippen LogP contribution in [-0.2, 0) is 0 Å². The first-order valence-electron chi connectivity index (χ1n) is 7.98. The molecule has 0 aliphatic carbocycles. The molecule has 116 valence electrons. The van der Waals surface area contributed by atoms with E-state index in [9.17, 15) is 0 Å². The molecule has 0 aromatic heterocycles. The van der Waals surface area contributed by atoms with Crippen LogP contribution in [0.2, 0.25) is 10.9 Å². The van der Waals surface area contributed by atoms with Gasteiger partial charge in [-0.3, -0.25) is 0 Å². The molecule has 0 saturated carbocycles. The van der Waals surface area contributed by atoms with Gasteiger partial charge in [0.15, 0.2) is 0 Å². The molecule has 0 aliphatic rings. The van der Waals surface area contributed by atoms with Gasteiger partial charge in [-0.1, -0.05) is 0 Å². The topological polar surface area (TPSA) is 0 Å². The normalized spacial score (nSPS) is 13.0. The first-order valence-corrected chi connectivity index (χ1v) is 14.0. The van der Waals surface area contributed by atoms with E-state index in [1.165, 1.54) is 13.1 Å². The summed E-state index contributed by atoms with van der Waals surface area (Å²) in [6.45, 7) is 4.11. The van der Waals surface area contributed by atoms with Crippen LogP contribution < -0.4 is 13.1 Å². The first-order chi connectivity index (χ1) is 11.2. The zero-order chi connectivity index (χ0) is 16.2. The minimum atomic E-state index is -3.24. The second-order valence-corrected chi connectivity index (χ2v) is 17.8. The molecular formula is C22H23As. The molecular weight excluding hydrogens is 339 g/mol. The van der Waals surface area contributed by atoms with Gasteiger partial charge < -0.3 is 0 Å². The number of hydrogen-bond donors (Lipinski definition) is 0. The summed E-state index contributed by atoms with van der Waals surface area (Å²) in [7, 11) is 0. The summed E-state index contributed by atoms with van der Waals surface area (Å²) in [6.07, 6.45) is 2.11. The molecule has 3 aromatic rings. The summed E-state index contributed by atoms with van der Waals surface area (Å²) in [6, 6.07) is 33.1. The fourth-order valence-electron chi connectivity index (χ4n) is 3.58. The van der Waals surface area contributed by atoms with Crippen LogP contribution in [0.4, 0.5) is 0 Å². The molecule has 3 aromatic carbocycles. The van der Waals surface area contributed by atoms with Crippen LogP contribution in [-0.4, -0.2) is 12.5 Å². The van der Waals surface area contributed by atoms with E-state index in [1.54, 1.807) is 0 Å². The summed E-state index contributed by atoms with van der Waals surface area (Å²) >= 11 is -3.24. The van der Waals surface area contributed by atoms with Gasteiger partial charge in [0.2, 0.25) is 0 Å². The Balaban J connectivity index is 2.43. The van der Waals surface area contributed by atoms with E-state index in [2.05, 4.69) is 109 Å². The molecule has 0 heterocycles. The Bertz CT molecular complexity index is 677. The second-order valence-electron chi connectivity index (χ2n) is 6.27. The molecule has 23 heavy (non-hydrogen) atoms. The van der Waals surface area contributed by atoms with Gasteiger partial charge in [-0.15, -0.1) is 0 Å². The molecule has 0 fully saturated rings. The summed E-state index contributed by atoms with van der Waals surface area (Å²) in [4.78, 5) is 0. The van der Waals surface area contributed by atoms with Crippen molar-refractivity contribution >= 4 is 25.5 Å². The van der Waals surface area contributed by atoms with Crippen molar-refractivity contribution in [2.24, 2.45) is 0 Å². The minimum absolute atomic E-state index is 1.01. The summed E-state index contributed by atoms with van der Waals surface area (Å²) in [5.74, 6) is 0. The van der Waals surface area contributed by atoms with E-state index in [0.29, 0.717) is 0 Å². The van der Waals surface area contributed by atoms with Crippen LogP contribution in [0.3, 0.4) is 0 Å². The van der Waals surface area contributed by atoms with E-state index in [1.807, 2.05) is 0 Å². The second kappa shape index (κ2) is 6.22. The maximum absolute atomic E-state index is 4.11. The molecule has 0 unspecified atom stereocenters. The summed E-state index contributed by atoms with van der Waals surface area (Å²) in [5.41, 5.74) is 2.51. The van der Waals surface area contributed by atoms with Crippen molar-refractivity contribution in [3.8, 4) is 0 Å². The van der Waals surface area contributed by atoms with Crippen molar-refractivity contribution < 1.29 is 0 Å². The SMILES string of the molecule is C=CC[As](C)(c1ccccc1)(c1ccccc1)c1ccccc1. The number of allylic oxidation sites excluding steroid dienone is 1. The zero-order valence-electron chi connectivity index (χ0n) is 13.6. The Morgan fingerprint density at radius 1 is 0.652 bits per heavy atom. The molecule has 0 spiro atoms. The molecule has 0 N–H and O–H groups in total. The van der Waals surface area contributed by atoms with E-state index in [-0.39, 0.29) is 0 Å².